The predicted molar refractivity (Wildman–Crippen MR) is 82.8 cm³/mol. The molecule has 1 aromatic heterocycles. The minimum Gasteiger partial charge on any atom is -0.399 e. The summed E-state index contributed by atoms with van der Waals surface area (Å²) < 4.78 is 1.19. The fourth-order valence-electron chi connectivity index (χ4n) is 1.96. The van der Waals surface area contributed by atoms with E-state index in [4.69, 9.17) is 5.73 Å². The number of rotatable bonds is 4. The van der Waals surface area contributed by atoms with E-state index in [1.165, 1.54) is 20.5 Å². The Morgan fingerprint density at radius 3 is 2.78 bits per heavy atom. The summed E-state index contributed by atoms with van der Waals surface area (Å²) in [6.07, 6.45) is 0. The molecule has 0 unspecified atom stereocenters. The Balaban J connectivity index is 2.03. The lowest BCUT2D eigenvalue weighted by Gasteiger charge is -2.18. The number of thiophene rings is 1. The Morgan fingerprint density at radius 2 is 2.11 bits per heavy atom. The van der Waals surface area contributed by atoms with Crippen molar-refractivity contribution in [3.63, 3.8) is 0 Å². The SMILES string of the molecule is Cc1c(N)cccc1CN(C)Cc1csc(Br)c1. The van der Waals surface area contributed by atoms with Crippen LogP contribution in [0.15, 0.2) is 33.4 Å². The van der Waals surface area contributed by atoms with E-state index in [2.05, 4.69) is 52.3 Å². The molecule has 0 saturated heterocycles. The van der Waals surface area contributed by atoms with Crippen LogP contribution in [0.25, 0.3) is 0 Å². The monoisotopic (exact) mass is 324 g/mol. The fraction of sp³-hybridized carbons (Fsp3) is 0.286. The highest BCUT2D eigenvalue weighted by Crippen LogP contribution is 2.22. The summed E-state index contributed by atoms with van der Waals surface area (Å²) in [5.41, 5.74) is 10.6. The van der Waals surface area contributed by atoms with Crippen LogP contribution in [0.3, 0.4) is 0 Å². The molecule has 18 heavy (non-hydrogen) atoms. The van der Waals surface area contributed by atoms with Crippen molar-refractivity contribution in [2.75, 3.05) is 12.8 Å². The minimum atomic E-state index is 0.874. The zero-order valence-electron chi connectivity index (χ0n) is 10.6. The van der Waals surface area contributed by atoms with Crippen molar-refractivity contribution in [2.45, 2.75) is 20.0 Å². The summed E-state index contributed by atoms with van der Waals surface area (Å²) in [6.45, 7) is 3.96. The topological polar surface area (TPSA) is 29.3 Å². The van der Waals surface area contributed by atoms with Crippen LogP contribution in [0.4, 0.5) is 5.69 Å². The molecule has 0 atom stereocenters. The van der Waals surface area contributed by atoms with Crippen molar-refractivity contribution >= 4 is 33.0 Å². The Labute approximate surface area is 121 Å². The van der Waals surface area contributed by atoms with E-state index in [1.807, 2.05) is 12.1 Å². The first-order chi connectivity index (χ1) is 8.56. The van der Waals surface area contributed by atoms with Crippen LogP contribution in [0.5, 0.6) is 0 Å². The third-order valence-electron chi connectivity index (χ3n) is 3.00. The molecule has 1 heterocycles. The number of nitrogens with two attached hydrogens (primary N) is 1. The Morgan fingerprint density at radius 1 is 1.33 bits per heavy atom. The van der Waals surface area contributed by atoms with Gasteiger partial charge >= 0.3 is 0 Å². The summed E-state index contributed by atoms with van der Waals surface area (Å²) in [7, 11) is 2.13. The standard InChI is InChI=1S/C14H17BrN2S/c1-10-12(4-3-5-13(10)16)8-17(2)7-11-6-14(15)18-9-11/h3-6,9H,7-8,16H2,1-2H3. The van der Waals surface area contributed by atoms with E-state index in [1.54, 1.807) is 11.3 Å². The highest BCUT2D eigenvalue weighted by atomic mass is 79.9. The Bertz CT molecular complexity index is 536. The molecule has 0 amide bonds. The molecule has 96 valence electrons. The second kappa shape index (κ2) is 5.87. The van der Waals surface area contributed by atoms with Crippen molar-refractivity contribution in [1.82, 2.24) is 4.90 Å². The van der Waals surface area contributed by atoms with Gasteiger partial charge < -0.3 is 5.73 Å². The third-order valence-corrected chi connectivity index (χ3v) is 4.56. The van der Waals surface area contributed by atoms with Gasteiger partial charge in [-0.15, -0.1) is 11.3 Å². The molecular weight excluding hydrogens is 308 g/mol. The van der Waals surface area contributed by atoms with E-state index >= 15 is 0 Å². The second-order valence-corrected chi connectivity index (χ2v) is 6.85. The van der Waals surface area contributed by atoms with Gasteiger partial charge in [-0.2, -0.15) is 0 Å². The van der Waals surface area contributed by atoms with Gasteiger partial charge in [0.1, 0.15) is 0 Å². The highest BCUT2D eigenvalue weighted by molar-refractivity contribution is 9.11. The molecule has 1 aromatic carbocycles. The molecule has 0 saturated carbocycles. The van der Waals surface area contributed by atoms with Crippen molar-refractivity contribution in [3.05, 3.63) is 50.1 Å². The lowest BCUT2D eigenvalue weighted by Crippen LogP contribution is -2.17. The molecule has 2 N–H and O–H groups in total. The van der Waals surface area contributed by atoms with Crippen molar-refractivity contribution in [1.29, 1.82) is 0 Å². The van der Waals surface area contributed by atoms with Gasteiger partial charge in [0.05, 0.1) is 3.79 Å². The van der Waals surface area contributed by atoms with Crippen LogP contribution in [0.1, 0.15) is 16.7 Å². The van der Waals surface area contributed by atoms with Crippen LogP contribution in [-0.4, -0.2) is 11.9 Å². The molecule has 0 aliphatic carbocycles. The first kappa shape index (κ1) is 13.6. The number of anilines is 1. The molecule has 0 aliphatic rings. The molecule has 0 radical (unpaired) electrons. The number of hydrogen-bond donors (Lipinski definition) is 1. The summed E-state index contributed by atoms with van der Waals surface area (Å²) in [4.78, 5) is 2.30. The molecule has 0 fully saturated rings. The van der Waals surface area contributed by atoms with E-state index in [9.17, 15) is 0 Å². The maximum absolute atomic E-state index is 5.93. The van der Waals surface area contributed by atoms with Crippen LogP contribution < -0.4 is 5.73 Å². The van der Waals surface area contributed by atoms with E-state index < -0.39 is 0 Å². The van der Waals surface area contributed by atoms with E-state index in [0.717, 1.165) is 18.8 Å². The first-order valence-electron chi connectivity index (χ1n) is 5.81. The lowest BCUT2D eigenvalue weighted by atomic mass is 10.1. The zero-order chi connectivity index (χ0) is 13.1. The maximum Gasteiger partial charge on any atom is 0.0701 e. The van der Waals surface area contributed by atoms with Crippen LogP contribution in [0.2, 0.25) is 0 Å². The number of halogens is 1. The van der Waals surface area contributed by atoms with Gasteiger partial charge in [0.25, 0.3) is 0 Å². The smallest absolute Gasteiger partial charge is 0.0701 e. The van der Waals surface area contributed by atoms with Gasteiger partial charge in [0, 0.05) is 18.8 Å². The summed E-state index contributed by atoms with van der Waals surface area (Å²) in [5.74, 6) is 0. The van der Waals surface area contributed by atoms with Gasteiger partial charge in [0.2, 0.25) is 0 Å². The number of benzene rings is 1. The maximum atomic E-state index is 5.93. The van der Waals surface area contributed by atoms with Gasteiger partial charge in [-0.05, 0) is 64.1 Å². The number of nitrogen functional groups attached to an aromatic ring is 1. The molecule has 0 aliphatic heterocycles. The van der Waals surface area contributed by atoms with Crippen LogP contribution >= 0.6 is 27.3 Å². The number of hydrogen-bond acceptors (Lipinski definition) is 3. The van der Waals surface area contributed by atoms with Crippen molar-refractivity contribution in [3.8, 4) is 0 Å². The third kappa shape index (κ3) is 3.34. The summed E-state index contributed by atoms with van der Waals surface area (Å²) >= 11 is 5.22. The van der Waals surface area contributed by atoms with Gasteiger partial charge in [0.15, 0.2) is 0 Å². The fourth-order valence-corrected chi connectivity index (χ4v) is 3.16. The minimum absolute atomic E-state index is 0.874. The van der Waals surface area contributed by atoms with Crippen LogP contribution in [0, 0.1) is 6.92 Å². The van der Waals surface area contributed by atoms with Gasteiger partial charge in [-0.3, -0.25) is 4.90 Å². The van der Waals surface area contributed by atoms with Crippen molar-refractivity contribution in [2.24, 2.45) is 0 Å². The molecule has 0 spiro atoms. The second-order valence-electron chi connectivity index (χ2n) is 4.56. The predicted octanol–water partition coefficient (Wildman–Crippen LogP) is 4.03. The van der Waals surface area contributed by atoms with Crippen LogP contribution in [-0.2, 0) is 13.1 Å². The van der Waals surface area contributed by atoms with Gasteiger partial charge in [-0.1, -0.05) is 12.1 Å². The summed E-state index contributed by atoms with van der Waals surface area (Å²) in [5, 5.41) is 2.19. The average Bonchev–Trinajstić information content (AvgIpc) is 2.70. The summed E-state index contributed by atoms with van der Waals surface area (Å²) in [6, 6.07) is 8.29. The lowest BCUT2D eigenvalue weighted by molar-refractivity contribution is 0.319. The normalized spacial score (nSPS) is 11.1. The highest BCUT2D eigenvalue weighted by Gasteiger charge is 2.06. The molecule has 2 nitrogen and oxygen atoms in total. The van der Waals surface area contributed by atoms with E-state index in [0.29, 0.717) is 0 Å². The average molecular weight is 325 g/mol. The first-order valence-corrected chi connectivity index (χ1v) is 7.49. The largest absolute Gasteiger partial charge is 0.399 e. The van der Waals surface area contributed by atoms with E-state index in [-0.39, 0.29) is 0 Å². The quantitative estimate of drug-likeness (QED) is 0.860. The molecule has 0 bridgehead atoms. The molecule has 2 aromatic rings. The Hall–Kier alpha value is -0.840. The zero-order valence-corrected chi connectivity index (χ0v) is 13.0. The van der Waals surface area contributed by atoms with Crippen molar-refractivity contribution < 1.29 is 0 Å². The number of nitrogens with zero attached hydrogens (tertiary/aromatic N) is 1. The molecular formula is C14H17BrN2S. The molecule has 2 rings (SSSR count). The van der Waals surface area contributed by atoms with Gasteiger partial charge in [-0.25, -0.2) is 0 Å². The molecule has 4 heteroatoms. The Kier molecular flexibility index (Phi) is 4.43.